The van der Waals surface area contributed by atoms with Crippen LogP contribution in [0.15, 0.2) is 17.2 Å². The second kappa shape index (κ2) is 5.42. The summed E-state index contributed by atoms with van der Waals surface area (Å²) in [5, 5.41) is 1.00. The number of hydrogen-bond acceptors (Lipinski definition) is 1. The molecule has 1 aromatic rings. The van der Waals surface area contributed by atoms with Gasteiger partial charge >= 0.3 is 5.69 Å². The summed E-state index contributed by atoms with van der Waals surface area (Å²) >= 11 is 3.65. The normalized spacial score (nSPS) is 19.4. The van der Waals surface area contributed by atoms with Gasteiger partial charge in [0.15, 0.2) is 0 Å². The first-order chi connectivity index (χ1) is 8.21. The van der Waals surface area contributed by atoms with Gasteiger partial charge in [-0.3, -0.25) is 9.13 Å². The fraction of sp³-hybridized carbons (Fsp3) is 0.769. The molecule has 2 rings (SSSR count). The summed E-state index contributed by atoms with van der Waals surface area (Å²) in [6, 6.07) is 0. The number of rotatable bonds is 4. The molecule has 0 spiro atoms. The molecule has 1 aromatic heterocycles. The molecule has 0 N–H and O–H groups in total. The quantitative estimate of drug-likeness (QED) is 0.785. The summed E-state index contributed by atoms with van der Waals surface area (Å²) in [4.78, 5) is 12.0. The second-order valence-electron chi connectivity index (χ2n) is 5.19. The summed E-state index contributed by atoms with van der Waals surface area (Å²) < 4.78 is 3.65. The van der Waals surface area contributed by atoms with Crippen molar-refractivity contribution in [1.29, 1.82) is 0 Å². The number of aromatic nitrogens is 2. The van der Waals surface area contributed by atoms with Crippen molar-refractivity contribution in [2.75, 3.05) is 5.33 Å². The van der Waals surface area contributed by atoms with Gasteiger partial charge in [-0.05, 0) is 25.2 Å². The minimum absolute atomic E-state index is 0.137. The summed E-state index contributed by atoms with van der Waals surface area (Å²) in [5.41, 5.74) is 0.431. The zero-order valence-corrected chi connectivity index (χ0v) is 12.1. The van der Waals surface area contributed by atoms with Gasteiger partial charge in [0.2, 0.25) is 0 Å². The van der Waals surface area contributed by atoms with E-state index < -0.39 is 0 Å². The van der Waals surface area contributed by atoms with E-state index in [1.54, 1.807) is 4.57 Å². The Hall–Kier alpha value is -0.510. The first kappa shape index (κ1) is 12.9. The maximum Gasteiger partial charge on any atom is 0.328 e. The number of alkyl halides is 1. The molecule has 0 atom stereocenters. The van der Waals surface area contributed by atoms with Crippen LogP contribution in [0.25, 0.3) is 0 Å². The predicted octanol–water partition coefficient (Wildman–Crippen LogP) is 3.02. The van der Waals surface area contributed by atoms with Crippen LogP contribution in [0.2, 0.25) is 0 Å². The van der Waals surface area contributed by atoms with Crippen molar-refractivity contribution < 1.29 is 0 Å². The molecular weight excluding hydrogens is 280 g/mol. The lowest BCUT2D eigenvalue weighted by molar-refractivity contribution is 0.188. The van der Waals surface area contributed by atoms with Crippen LogP contribution in [0.1, 0.15) is 39.0 Å². The maximum absolute atomic E-state index is 12.0. The summed E-state index contributed by atoms with van der Waals surface area (Å²) in [5.74, 6) is 0. The van der Waals surface area contributed by atoms with E-state index in [1.165, 1.54) is 32.1 Å². The molecule has 0 unspecified atom stereocenters. The minimum atomic E-state index is 0.137. The Balaban J connectivity index is 2.17. The molecule has 0 bridgehead atoms. The van der Waals surface area contributed by atoms with Crippen molar-refractivity contribution in [2.24, 2.45) is 5.41 Å². The molecule has 0 amide bonds. The smallest absolute Gasteiger partial charge is 0.300 e. The molecule has 1 fully saturated rings. The van der Waals surface area contributed by atoms with E-state index in [0.29, 0.717) is 5.41 Å². The monoisotopic (exact) mass is 300 g/mol. The first-order valence-corrected chi connectivity index (χ1v) is 7.64. The van der Waals surface area contributed by atoms with Gasteiger partial charge in [-0.1, -0.05) is 35.2 Å². The lowest BCUT2D eigenvalue weighted by atomic mass is 9.75. The maximum atomic E-state index is 12.0. The highest BCUT2D eigenvalue weighted by atomic mass is 79.9. The van der Waals surface area contributed by atoms with Crippen LogP contribution < -0.4 is 5.69 Å². The van der Waals surface area contributed by atoms with Crippen LogP contribution in [0.3, 0.4) is 0 Å². The van der Waals surface area contributed by atoms with E-state index >= 15 is 0 Å². The van der Waals surface area contributed by atoms with E-state index in [4.69, 9.17) is 0 Å². The van der Waals surface area contributed by atoms with Crippen LogP contribution in [-0.2, 0) is 13.1 Å². The molecule has 1 aliphatic carbocycles. The molecule has 1 saturated carbocycles. The van der Waals surface area contributed by atoms with Crippen LogP contribution >= 0.6 is 15.9 Å². The van der Waals surface area contributed by atoms with Gasteiger partial charge in [0.1, 0.15) is 0 Å². The molecule has 1 aliphatic rings. The molecule has 3 nitrogen and oxygen atoms in total. The number of halogens is 1. The average molecular weight is 301 g/mol. The number of hydrogen-bond donors (Lipinski definition) is 0. The highest BCUT2D eigenvalue weighted by Gasteiger charge is 2.31. The highest BCUT2D eigenvalue weighted by Crippen LogP contribution is 2.38. The molecule has 0 aromatic carbocycles. The van der Waals surface area contributed by atoms with Gasteiger partial charge in [-0.2, -0.15) is 0 Å². The van der Waals surface area contributed by atoms with Crippen molar-refractivity contribution >= 4 is 15.9 Å². The second-order valence-corrected chi connectivity index (χ2v) is 5.75. The highest BCUT2D eigenvalue weighted by molar-refractivity contribution is 9.09. The molecule has 1 heterocycles. The Morgan fingerprint density at radius 3 is 2.41 bits per heavy atom. The molecular formula is C13H21BrN2O. The minimum Gasteiger partial charge on any atom is -0.300 e. The molecule has 0 saturated heterocycles. The van der Waals surface area contributed by atoms with Crippen LogP contribution in [0, 0.1) is 5.41 Å². The van der Waals surface area contributed by atoms with E-state index in [-0.39, 0.29) is 5.69 Å². The predicted molar refractivity (Wildman–Crippen MR) is 73.7 cm³/mol. The van der Waals surface area contributed by atoms with Crippen molar-refractivity contribution in [1.82, 2.24) is 9.13 Å². The third kappa shape index (κ3) is 2.67. The standard InChI is InChI=1S/C13H21BrN2O/c1-2-15-8-9-16(12(15)17)11-13(10-14)6-4-3-5-7-13/h8-9H,2-7,10-11H2,1H3. The SMILES string of the molecule is CCn1ccn(CC2(CBr)CCCCC2)c1=O. The Morgan fingerprint density at radius 2 is 1.88 bits per heavy atom. The van der Waals surface area contributed by atoms with E-state index in [9.17, 15) is 4.79 Å². The lowest BCUT2D eigenvalue weighted by Gasteiger charge is -2.35. The fourth-order valence-corrected chi connectivity index (χ4v) is 3.55. The summed E-state index contributed by atoms with van der Waals surface area (Å²) in [6.07, 6.45) is 10.3. The van der Waals surface area contributed by atoms with Gasteiger partial charge in [0.25, 0.3) is 0 Å². The van der Waals surface area contributed by atoms with E-state index in [1.807, 2.05) is 23.9 Å². The third-order valence-electron chi connectivity index (χ3n) is 3.96. The molecule has 0 radical (unpaired) electrons. The zero-order chi connectivity index (χ0) is 12.3. The fourth-order valence-electron chi connectivity index (χ4n) is 2.81. The summed E-state index contributed by atoms with van der Waals surface area (Å²) in [7, 11) is 0. The number of imidazole rings is 1. The van der Waals surface area contributed by atoms with Crippen molar-refractivity contribution in [3.63, 3.8) is 0 Å². The topological polar surface area (TPSA) is 26.9 Å². The van der Waals surface area contributed by atoms with Crippen LogP contribution in [-0.4, -0.2) is 14.5 Å². The van der Waals surface area contributed by atoms with E-state index in [0.717, 1.165) is 18.4 Å². The Morgan fingerprint density at radius 1 is 1.24 bits per heavy atom. The average Bonchev–Trinajstić information content (AvgIpc) is 2.71. The zero-order valence-electron chi connectivity index (χ0n) is 10.5. The molecule has 0 aliphatic heterocycles. The van der Waals surface area contributed by atoms with Gasteiger partial charge < -0.3 is 0 Å². The Labute approximate surface area is 111 Å². The Bertz CT molecular complexity index is 415. The molecule has 4 heteroatoms. The third-order valence-corrected chi connectivity index (χ3v) is 5.15. The van der Waals surface area contributed by atoms with Crippen molar-refractivity contribution in [3.8, 4) is 0 Å². The largest absolute Gasteiger partial charge is 0.328 e. The van der Waals surface area contributed by atoms with Crippen LogP contribution in [0.5, 0.6) is 0 Å². The van der Waals surface area contributed by atoms with Crippen LogP contribution in [0.4, 0.5) is 0 Å². The van der Waals surface area contributed by atoms with Crippen molar-refractivity contribution in [2.45, 2.75) is 52.1 Å². The molecule has 17 heavy (non-hydrogen) atoms. The van der Waals surface area contributed by atoms with E-state index in [2.05, 4.69) is 15.9 Å². The number of nitrogens with zero attached hydrogens (tertiary/aromatic N) is 2. The number of aryl methyl sites for hydroxylation is 1. The lowest BCUT2D eigenvalue weighted by Crippen LogP contribution is -2.35. The van der Waals surface area contributed by atoms with Gasteiger partial charge in [-0.15, -0.1) is 0 Å². The van der Waals surface area contributed by atoms with Gasteiger partial charge in [-0.25, -0.2) is 4.79 Å². The Kier molecular flexibility index (Phi) is 4.13. The van der Waals surface area contributed by atoms with Gasteiger partial charge in [0.05, 0.1) is 0 Å². The molecule has 96 valence electrons. The van der Waals surface area contributed by atoms with Crippen molar-refractivity contribution in [3.05, 3.63) is 22.9 Å². The van der Waals surface area contributed by atoms with Gasteiger partial charge in [0, 0.05) is 30.8 Å². The summed E-state index contributed by atoms with van der Waals surface area (Å²) in [6.45, 7) is 3.63. The first-order valence-electron chi connectivity index (χ1n) is 6.52.